The zero-order valence-electron chi connectivity index (χ0n) is 14.3. The van der Waals surface area contributed by atoms with Crippen LogP contribution in [0.15, 0.2) is 29.2 Å². The number of thioether (sulfide) groups is 1. The molecule has 0 aliphatic carbocycles. The monoisotopic (exact) mass is 339 g/mol. The molecule has 1 N–H and O–H groups in total. The predicted octanol–water partition coefficient (Wildman–Crippen LogP) is 3.02. The number of rotatable bonds is 7. The van der Waals surface area contributed by atoms with Gasteiger partial charge in [-0.3, -0.25) is 9.59 Å². The summed E-state index contributed by atoms with van der Waals surface area (Å²) in [5.74, 6) is 0.241. The number of amides is 1. The molecule has 1 aromatic carbocycles. The number of benzene rings is 1. The predicted molar refractivity (Wildman–Crippen MR) is 91.8 cm³/mol. The van der Waals surface area contributed by atoms with E-state index < -0.39 is 12.1 Å². The normalized spacial score (nSPS) is 12.4. The highest BCUT2D eigenvalue weighted by Gasteiger charge is 2.22. The Bertz CT molecular complexity index is 522. The molecule has 0 unspecified atom stereocenters. The lowest BCUT2D eigenvalue weighted by molar-refractivity contribution is -0.152. The van der Waals surface area contributed by atoms with Crippen molar-refractivity contribution >= 4 is 23.6 Å². The second-order valence-electron chi connectivity index (χ2n) is 6.06. The first-order valence-corrected chi connectivity index (χ1v) is 8.57. The van der Waals surface area contributed by atoms with Gasteiger partial charge in [0.05, 0.1) is 12.4 Å². The topological polar surface area (TPSA) is 64.6 Å². The van der Waals surface area contributed by atoms with Crippen LogP contribution in [-0.4, -0.2) is 35.9 Å². The maximum atomic E-state index is 11.9. The lowest BCUT2D eigenvalue weighted by atomic mass is 10.1. The van der Waals surface area contributed by atoms with Crippen molar-refractivity contribution in [2.24, 2.45) is 0 Å². The summed E-state index contributed by atoms with van der Waals surface area (Å²) >= 11 is 1.36. The van der Waals surface area contributed by atoms with E-state index in [4.69, 9.17) is 9.47 Å². The van der Waals surface area contributed by atoms with Gasteiger partial charge in [0.25, 0.3) is 5.91 Å². The van der Waals surface area contributed by atoms with Gasteiger partial charge in [0.1, 0.15) is 5.75 Å². The molecule has 5 nitrogen and oxygen atoms in total. The Hall–Kier alpha value is -1.69. The van der Waals surface area contributed by atoms with Crippen molar-refractivity contribution in [3.63, 3.8) is 0 Å². The summed E-state index contributed by atoms with van der Waals surface area (Å²) in [6.45, 7) is 9.74. The minimum Gasteiger partial charge on any atom is -0.494 e. The first kappa shape index (κ1) is 19.4. The highest BCUT2D eigenvalue weighted by molar-refractivity contribution is 8.00. The van der Waals surface area contributed by atoms with Crippen LogP contribution in [-0.2, 0) is 14.3 Å². The molecule has 0 saturated carbocycles. The van der Waals surface area contributed by atoms with E-state index in [1.165, 1.54) is 11.8 Å². The van der Waals surface area contributed by atoms with Crippen LogP contribution in [0, 0.1) is 0 Å². The van der Waals surface area contributed by atoms with Crippen LogP contribution in [0.25, 0.3) is 0 Å². The summed E-state index contributed by atoms with van der Waals surface area (Å²) in [5, 5.41) is 2.78. The average Bonchev–Trinajstić information content (AvgIpc) is 2.45. The van der Waals surface area contributed by atoms with Crippen molar-refractivity contribution in [2.45, 2.75) is 51.2 Å². The van der Waals surface area contributed by atoms with E-state index in [0.717, 1.165) is 10.6 Å². The van der Waals surface area contributed by atoms with Crippen molar-refractivity contribution in [3.05, 3.63) is 24.3 Å². The molecule has 0 spiro atoms. The Balaban J connectivity index is 2.40. The first-order chi connectivity index (χ1) is 10.7. The molecule has 1 atom stereocenters. The Morgan fingerprint density at radius 3 is 2.35 bits per heavy atom. The summed E-state index contributed by atoms with van der Waals surface area (Å²) in [6.07, 6.45) is -0.803. The fourth-order valence-electron chi connectivity index (χ4n) is 1.70. The molecular weight excluding hydrogens is 314 g/mol. The molecule has 23 heavy (non-hydrogen) atoms. The molecule has 0 fully saturated rings. The fourth-order valence-corrected chi connectivity index (χ4v) is 2.38. The Morgan fingerprint density at radius 2 is 1.83 bits per heavy atom. The second kappa shape index (κ2) is 8.82. The number of hydrogen-bond acceptors (Lipinski definition) is 5. The van der Waals surface area contributed by atoms with Crippen LogP contribution in [0.1, 0.15) is 34.6 Å². The molecule has 0 radical (unpaired) electrons. The van der Waals surface area contributed by atoms with Gasteiger partial charge < -0.3 is 14.8 Å². The van der Waals surface area contributed by atoms with Crippen molar-refractivity contribution in [1.82, 2.24) is 5.32 Å². The van der Waals surface area contributed by atoms with Gasteiger partial charge in [0.2, 0.25) is 0 Å². The van der Waals surface area contributed by atoms with Gasteiger partial charge in [-0.2, -0.15) is 0 Å². The minimum absolute atomic E-state index is 0.154. The molecule has 1 amide bonds. The molecule has 1 rings (SSSR count). The molecule has 0 heterocycles. The van der Waals surface area contributed by atoms with Gasteiger partial charge in [0.15, 0.2) is 6.10 Å². The van der Waals surface area contributed by atoms with Gasteiger partial charge >= 0.3 is 5.97 Å². The van der Waals surface area contributed by atoms with E-state index in [-0.39, 0.29) is 17.2 Å². The third kappa shape index (κ3) is 7.93. The maximum Gasteiger partial charge on any atom is 0.317 e. The summed E-state index contributed by atoms with van der Waals surface area (Å²) in [5.41, 5.74) is -0.352. The Morgan fingerprint density at radius 1 is 1.22 bits per heavy atom. The van der Waals surface area contributed by atoms with E-state index in [1.54, 1.807) is 6.92 Å². The first-order valence-electron chi connectivity index (χ1n) is 7.58. The largest absolute Gasteiger partial charge is 0.494 e. The molecule has 0 saturated heterocycles. The summed E-state index contributed by atoms with van der Waals surface area (Å²) in [6, 6.07) is 7.49. The molecule has 0 aliphatic heterocycles. The van der Waals surface area contributed by atoms with Crippen LogP contribution in [0.3, 0.4) is 0 Å². The molecule has 0 bridgehead atoms. The van der Waals surface area contributed by atoms with Crippen molar-refractivity contribution < 1.29 is 19.1 Å². The Kier molecular flexibility index (Phi) is 7.42. The molecule has 1 aromatic rings. The second-order valence-corrected chi connectivity index (χ2v) is 7.11. The van der Waals surface area contributed by atoms with Gasteiger partial charge in [0, 0.05) is 10.4 Å². The van der Waals surface area contributed by atoms with Gasteiger partial charge in [-0.25, -0.2) is 0 Å². The van der Waals surface area contributed by atoms with Crippen molar-refractivity contribution in [2.75, 3.05) is 12.4 Å². The van der Waals surface area contributed by atoms with Crippen LogP contribution < -0.4 is 10.1 Å². The van der Waals surface area contributed by atoms with Crippen LogP contribution >= 0.6 is 11.8 Å². The maximum absolute atomic E-state index is 11.9. The summed E-state index contributed by atoms with van der Waals surface area (Å²) in [7, 11) is 0. The van der Waals surface area contributed by atoms with Crippen LogP contribution in [0.5, 0.6) is 5.75 Å². The fraction of sp³-hybridized carbons (Fsp3) is 0.529. The van der Waals surface area contributed by atoms with E-state index in [0.29, 0.717) is 6.61 Å². The minimum atomic E-state index is -0.803. The molecule has 6 heteroatoms. The molecule has 0 aromatic heterocycles. The van der Waals surface area contributed by atoms with Gasteiger partial charge in [-0.15, -0.1) is 11.8 Å². The van der Waals surface area contributed by atoms with Gasteiger partial charge in [-0.1, -0.05) is 0 Å². The SMILES string of the molecule is CCOc1ccc(SCC(=O)O[C@@H](C)C(=O)NC(C)(C)C)cc1. The lowest BCUT2D eigenvalue weighted by Gasteiger charge is -2.23. The lowest BCUT2D eigenvalue weighted by Crippen LogP contribution is -2.46. The summed E-state index contributed by atoms with van der Waals surface area (Å²) in [4.78, 5) is 24.6. The van der Waals surface area contributed by atoms with Crippen molar-refractivity contribution in [1.29, 1.82) is 0 Å². The number of nitrogens with one attached hydrogen (secondary N) is 1. The quantitative estimate of drug-likeness (QED) is 0.611. The van der Waals surface area contributed by atoms with Gasteiger partial charge in [-0.05, 0) is 58.9 Å². The zero-order chi connectivity index (χ0) is 17.5. The zero-order valence-corrected chi connectivity index (χ0v) is 15.2. The highest BCUT2D eigenvalue weighted by Crippen LogP contribution is 2.21. The Labute approximate surface area is 142 Å². The number of ether oxygens (including phenoxy) is 2. The number of hydrogen-bond donors (Lipinski definition) is 1. The number of esters is 1. The number of carbonyl (C=O) groups is 2. The molecule has 0 aliphatic rings. The summed E-state index contributed by atoms with van der Waals surface area (Å²) < 4.78 is 10.5. The van der Waals surface area contributed by atoms with Crippen molar-refractivity contribution in [3.8, 4) is 5.75 Å². The van der Waals surface area contributed by atoms with E-state index >= 15 is 0 Å². The smallest absolute Gasteiger partial charge is 0.317 e. The molecular formula is C17H25NO4S. The highest BCUT2D eigenvalue weighted by atomic mass is 32.2. The molecule has 128 valence electrons. The third-order valence-corrected chi connectivity index (χ3v) is 3.65. The average molecular weight is 339 g/mol. The van der Waals surface area contributed by atoms with Crippen LogP contribution in [0.2, 0.25) is 0 Å². The van der Waals surface area contributed by atoms with E-state index in [9.17, 15) is 9.59 Å². The third-order valence-electron chi connectivity index (χ3n) is 2.67. The van der Waals surface area contributed by atoms with E-state index in [1.807, 2.05) is 52.0 Å². The standard InChI is InChI=1S/C17H25NO4S/c1-6-21-13-7-9-14(10-8-13)23-11-15(19)22-12(2)16(20)18-17(3,4)5/h7-10,12H,6,11H2,1-5H3,(H,18,20)/t12-/m0/s1. The van der Waals surface area contributed by atoms with Crippen LogP contribution in [0.4, 0.5) is 0 Å². The van der Waals surface area contributed by atoms with E-state index in [2.05, 4.69) is 5.32 Å². The number of carbonyl (C=O) groups excluding carboxylic acids is 2.